The Labute approximate surface area is 149 Å². The third-order valence-corrected chi connectivity index (χ3v) is 4.10. The van der Waals surface area contributed by atoms with Gasteiger partial charge in [0.2, 0.25) is 11.5 Å². The van der Waals surface area contributed by atoms with Gasteiger partial charge in [-0.05, 0) is 23.8 Å². The summed E-state index contributed by atoms with van der Waals surface area (Å²) in [5, 5.41) is 0.797. The number of aromatic amines is 1. The van der Waals surface area contributed by atoms with E-state index in [0.29, 0.717) is 11.3 Å². The molecule has 128 valence electrons. The lowest BCUT2D eigenvalue weighted by atomic mass is 10.0. The van der Waals surface area contributed by atoms with E-state index < -0.39 is 5.97 Å². The molecule has 0 amide bonds. The van der Waals surface area contributed by atoms with Crippen molar-refractivity contribution in [1.29, 1.82) is 0 Å². The normalized spacial score (nSPS) is 10.8. The van der Waals surface area contributed by atoms with Crippen molar-refractivity contribution in [3.63, 3.8) is 0 Å². The number of ketones is 1. The van der Waals surface area contributed by atoms with Gasteiger partial charge in [-0.15, -0.1) is 0 Å². The Bertz CT molecular complexity index is 1060. The number of H-pyrrole nitrogens is 1. The summed E-state index contributed by atoms with van der Waals surface area (Å²) in [5.41, 5.74) is 2.97. The summed E-state index contributed by atoms with van der Waals surface area (Å²) >= 11 is 0. The van der Waals surface area contributed by atoms with Gasteiger partial charge in [-0.25, -0.2) is 4.79 Å². The number of carbonyl (C=O) groups is 2. The van der Waals surface area contributed by atoms with Gasteiger partial charge in [-0.1, -0.05) is 48.5 Å². The number of carbonyl (C=O) groups excluding carboxylic acids is 2. The molecule has 5 nitrogen and oxygen atoms in total. The highest BCUT2D eigenvalue weighted by molar-refractivity contribution is 6.14. The number of fused-ring (bicyclic) bond motifs is 1. The SMILES string of the molecule is O=C(OCC(=O)c1c(-c2ccccc2)[nH]c2ccccc12)c1ccco1. The molecule has 4 rings (SSSR count). The van der Waals surface area contributed by atoms with E-state index in [1.54, 1.807) is 6.07 Å². The van der Waals surface area contributed by atoms with Crippen molar-refractivity contribution < 1.29 is 18.7 Å². The van der Waals surface area contributed by atoms with E-state index in [0.717, 1.165) is 16.5 Å². The maximum atomic E-state index is 12.9. The molecule has 0 radical (unpaired) electrons. The standard InChI is InChI=1S/C21H15NO4/c23-17(13-26-21(24)18-11-6-12-25-18)19-15-9-4-5-10-16(15)22-20(19)14-7-2-1-3-8-14/h1-12,22H,13H2. The third kappa shape index (κ3) is 2.91. The van der Waals surface area contributed by atoms with Crippen molar-refractivity contribution in [2.24, 2.45) is 0 Å². The minimum Gasteiger partial charge on any atom is -0.457 e. The van der Waals surface area contributed by atoms with E-state index in [-0.39, 0.29) is 18.2 Å². The van der Waals surface area contributed by atoms with Crippen LogP contribution in [0, 0.1) is 0 Å². The van der Waals surface area contributed by atoms with Crippen LogP contribution in [0.4, 0.5) is 0 Å². The van der Waals surface area contributed by atoms with Gasteiger partial charge in [0, 0.05) is 10.9 Å². The van der Waals surface area contributed by atoms with E-state index in [2.05, 4.69) is 4.98 Å². The van der Waals surface area contributed by atoms with Gasteiger partial charge in [-0.2, -0.15) is 0 Å². The smallest absolute Gasteiger partial charge is 0.374 e. The number of furan rings is 1. The zero-order valence-corrected chi connectivity index (χ0v) is 13.8. The lowest BCUT2D eigenvalue weighted by molar-refractivity contribution is 0.0444. The van der Waals surface area contributed by atoms with Crippen LogP contribution in [0.5, 0.6) is 0 Å². The molecular formula is C21H15NO4. The van der Waals surface area contributed by atoms with Gasteiger partial charge in [0.25, 0.3) is 0 Å². The molecule has 2 aromatic heterocycles. The first-order valence-corrected chi connectivity index (χ1v) is 8.14. The van der Waals surface area contributed by atoms with Gasteiger partial charge >= 0.3 is 5.97 Å². The van der Waals surface area contributed by atoms with Crippen LogP contribution >= 0.6 is 0 Å². The van der Waals surface area contributed by atoms with E-state index in [9.17, 15) is 9.59 Å². The molecule has 0 aliphatic carbocycles. The van der Waals surface area contributed by atoms with Crippen LogP contribution in [0.2, 0.25) is 0 Å². The molecule has 0 saturated carbocycles. The Balaban J connectivity index is 1.68. The first kappa shape index (κ1) is 15.9. The fourth-order valence-corrected chi connectivity index (χ4v) is 2.92. The molecule has 1 N–H and O–H groups in total. The molecule has 0 spiro atoms. The molecule has 26 heavy (non-hydrogen) atoms. The maximum Gasteiger partial charge on any atom is 0.374 e. The number of Topliss-reactive ketones (excluding diaryl/α,β-unsaturated/α-hetero) is 1. The van der Waals surface area contributed by atoms with Gasteiger partial charge in [0.1, 0.15) is 0 Å². The van der Waals surface area contributed by atoms with E-state index in [1.807, 2.05) is 54.6 Å². The van der Waals surface area contributed by atoms with Gasteiger partial charge in [-0.3, -0.25) is 4.79 Å². The van der Waals surface area contributed by atoms with Crippen molar-refractivity contribution in [2.75, 3.05) is 6.61 Å². The number of esters is 1. The Morgan fingerprint density at radius 2 is 1.69 bits per heavy atom. The minimum absolute atomic E-state index is 0.0695. The van der Waals surface area contributed by atoms with Gasteiger partial charge < -0.3 is 14.1 Å². The Kier molecular flexibility index (Phi) is 4.11. The van der Waals surface area contributed by atoms with Crippen molar-refractivity contribution in [1.82, 2.24) is 4.98 Å². The summed E-state index contributed by atoms with van der Waals surface area (Å²) in [7, 11) is 0. The molecule has 2 heterocycles. The monoisotopic (exact) mass is 345 g/mol. The van der Waals surface area contributed by atoms with Crippen molar-refractivity contribution in [3.8, 4) is 11.3 Å². The van der Waals surface area contributed by atoms with Crippen molar-refractivity contribution in [2.45, 2.75) is 0 Å². The first-order chi connectivity index (χ1) is 12.7. The fraction of sp³-hybridized carbons (Fsp3) is 0.0476. The second kappa shape index (κ2) is 6.72. The minimum atomic E-state index is -0.663. The highest BCUT2D eigenvalue weighted by Crippen LogP contribution is 2.30. The predicted octanol–water partition coefficient (Wildman–Crippen LogP) is 4.47. The summed E-state index contributed by atoms with van der Waals surface area (Å²) in [6.45, 7) is -0.360. The zero-order chi connectivity index (χ0) is 17.9. The highest BCUT2D eigenvalue weighted by Gasteiger charge is 2.21. The number of aromatic nitrogens is 1. The molecular weight excluding hydrogens is 330 g/mol. The lowest BCUT2D eigenvalue weighted by Gasteiger charge is -2.05. The molecule has 4 aromatic rings. The molecule has 0 unspecified atom stereocenters. The Hall–Kier alpha value is -3.60. The first-order valence-electron chi connectivity index (χ1n) is 8.14. The zero-order valence-electron chi connectivity index (χ0n) is 13.8. The van der Waals surface area contributed by atoms with Crippen LogP contribution in [0.1, 0.15) is 20.9 Å². The number of ether oxygens (including phenoxy) is 1. The molecule has 0 atom stereocenters. The average molecular weight is 345 g/mol. The Morgan fingerprint density at radius 3 is 2.46 bits per heavy atom. The molecule has 0 aliphatic rings. The second-order valence-corrected chi connectivity index (χ2v) is 5.76. The number of para-hydroxylation sites is 1. The van der Waals surface area contributed by atoms with Gasteiger partial charge in [0.05, 0.1) is 17.5 Å². The number of hydrogen-bond acceptors (Lipinski definition) is 4. The van der Waals surface area contributed by atoms with E-state index in [4.69, 9.17) is 9.15 Å². The highest BCUT2D eigenvalue weighted by atomic mass is 16.5. The number of benzene rings is 2. The van der Waals surface area contributed by atoms with Crippen molar-refractivity contribution >= 4 is 22.7 Å². The predicted molar refractivity (Wildman–Crippen MR) is 97.1 cm³/mol. The number of nitrogens with one attached hydrogen (secondary N) is 1. The molecule has 0 saturated heterocycles. The van der Waals surface area contributed by atoms with Crippen LogP contribution in [0.25, 0.3) is 22.2 Å². The topological polar surface area (TPSA) is 72.3 Å². The third-order valence-electron chi connectivity index (χ3n) is 4.10. The van der Waals surface area contributed by atoms with E-state index in [1.165, 1.54) is 12.3 Å². The molecule has 5 heteroatoms. The summed E-state index contributed by atoms with van der Waals surface area (Å²) in [4.78, 5) is 28.1. The summed E-state index contributed by atoms with van der Waals surface area (Å²) in [5.74, 6) is -0.870. The maximum absolute atomic E-state index is 12.9. The van der Waals surface area contributed by atoms with Crippen LogP contribution < -0.4 is 0 Å². The second-order valence-electron chi connectivity index (χ2n) is 5.76. The largest absolute Gasteiger partial charge is 0.457 e. The van der Waals surface area contributed by atoms with Crippen LogP contribution in [-0.2, 0) is 4.74 Å². The number of hydrogen-bond donors (Lipinski definition) is 1. The van der Waals surface area contributed by atoms with Gasteiger partial charge in [0.15, 0.2) is 6.61 Å². The van der Waals surface area contributed by atoms with Crippen LogP contribution in [0.3, 0.4) is 0 Å². The van der Waals surface area contributed by atoms with E-state index >= 15 is 0 Å². The number of rotatable bonds is 5. The molecule has 2 aromatic carbocycles. The summed E-state index contributed by atoms with van der Waals surface area (Å²) in [6, 6.07) is 20.2. The fourth-order valence-electron chi connectivity index (χ4n) is 2.92. The lowest BCUT2D eigenvalue weighted by Crippen LogP contribution is -2.14. The van der Waals surface area contributed by atoms with Crippen LogP contribution in [0.15, 0.2) is 77.4 Å². The quantitative estimate of drug-likeness (QED) is 0.428. The summed E-state index contributed by atoms with van der Waals surface area (Å²) < 4.78 is 10.1. The molecule has 0 fully saturated rings. The molecule has 0 bridgehead atoms. The van der Waals surface area contributed by atoms with Crippen molar-refractivity contribution in [3.05, 3.63) is 84.3 Å². The average Bonchev–Trinajstić information content (AvgIpc) is 3.34. The molecule has 0 aliphatic heterocycles. The summed E-state index contributed by atoms with van der Waals surface area (Å²) in [6.07, 6.45) is 1.38. The van der Waals surface area contributed by atoms with Crippen LogP contribution in [-0.4, -0.2) is 23.3 Å². The Morgan fingerprint density at radius 1 is 0.923 bits per heavy atom.